The standard InChI is InChI=1S/C8H5Cl2F4N/c9-4-2-5(10)6(11)1-3(4)7(15)8(12,13)14/h1-2,7H,15H2/t7-/m0/s1. The summed E-state index contributed by atoms with van der Waals surface area (Å²) in [6.07, 6.45) is -4.68. The molecule has 84 valence electrons. The van der Waals surface area contributed by atoms with Crippen LogP contribution in [0.3, 0.4) is 0 Å². The Hall–Kier alpha value is -0.520. The number of hydrogen-bond donors (Lipinski definition) is 1. The molecule has 1 aromatic rings. The summed E-state index contributed by atoms with van der Waals surface area (Å²) in [5, 5.41) is -0.663. The lowest BCUT2D eigenvalue weighted by Crippen LogP contribution is -2.28. The average Bonchev–Trinajstić information content (AvgIpc) is 2.08. The number of nitrogens with two attached hydrogens (primary N) is 1. The van der Waals surface area contributed by atoms with Crippen LogP contribution in [0.4, 0.5) is 17.6 Å². The number of alkyl halides is 3. The van der Waals surface area contributed by atoms with Gasteiger partial charge in [0.15, 0.2) is 0 Å². The molecule has 15 heavy (non-hydrogen) atoms. The minimum atomic E-state index is -4.68. The SMILES string of the molecule is N[C@@H](c1cc(F)c(Cl)cc1Cl)C(F)(F)F. The van der Waals surface area contributed by atoms with Crippen molar-refractivity contribution in [3.05, 3.63) is 33.6 Å². The van der Waals surface area contributed by atoms with Crippen LogP contribution in [-0.4, -0.2) is 6.18 Å². The third-order valence-electron chi connectivity index (χ3n) is 1.73. The lowest BCUT2D eigenvalue weighted by atomic mass is 10.1. The second kappa shape index (κ2) is 4.15. The summed E-state index contributed by atoms with van der Waals surface area (Å²) in [6.45, 7) is 0. The monoisotopic (exact) mass is 261 g/mol. The van der Waals surface area contributed by atoms with Gasteiger partial charge in [-0.05, 0) is 17.7 Å². The molecule has 7 heteroatoms. The summed E-state index contributed by atoms with van der Waals surface area (Å²) in [6, 6.07) is -0.848. The quantitative estimate of drug-likeness (QED) is 0.606. The van der Waals surface area contributed by atoms with E-state index in [2.05, 4.69) is 0 Å². The molecule has 0 aliphatic heterocycles. The van der Waals surface area contributed by atoms with E-state index < -0.39 is 23.6 Å². The number of hydrogen-bond acceptors (Lipinski definition) is 1. The van der Waals surface area contributed by atoms with Crippen molar-refractivity contribution >= 4 is 23.2 Å². The molecule has 0 bridgehead atoms. The Balaban J connectivity index is 3.21. The highest BCUT2D eigenvalue weighted by Crippen LogP contribution is 2.36. The average molecular weight is 262 g/mol. The summed E-state index contributed by atoms with van der Waals surface area (Å²) in [5.41, 5.74) is 4.34. The highest BCUT2D eigenvalue weighted by atomic mass is 35.5. The predicted molar refractivity (Wildman–Crippen MR) is 49.4 cm³/mol. The van der Waals surface area contributed by atoms with Gasteiger partial charge >= 0.3 is 6.18 Å². The van der Waals surface area contributed by atoms with Crippen molar-refractivity contribution in [1.82, 2.24) is 0 Å². The van der Waals surface area contributed by atoms with E-state index in [1.807, 2.05) is 0 Å². The second-order valence-corrected chi connectivity index (χ2v) is 3.62. The molecule has 0 radical (unpaired) electrons. The van der Waals surface area contributed by atoms with Crippen LogP contribution in [0.25, 0.3) is 0 Å². The summed E-state index contributed by atoms with van der Waals surface area (Å²) in [7, 11) is 0. The third kappa shape index (κ3) is 2.74. The van der Waals surface area contributed by atoms with E-state index in [-0.39, 0.29) is 10.0 Å². The fourth-order valence-corrected chi connectivity index (χ4v) is 1.45. The Morgan fingerprint density at radius 1 is 1.13 bits per heavy atom. The molecule has 0 saturated heterocycles. The van der Waals surface area contributed by atoms with Crippen LogP contribution in [-0.2, 0) is 0 Å². The van der Waals surface area contributed by atoms with Gasteiger partial charge in [-0.2, -0.15) is 13.2 Å². The van der Waals surface area contributed by atoms with Crippen LogP contribution in [0.5, 0.6) is 0 Å². The van der Waals surface area contributed by atoms with Gasteiger partial charge in [0.1, 0.15) is 11.9 Å². The van der Waals surface area contributed by atoms with E-state index in [9.17, 15) is 17.6 Å². The van der Waals surface area contributed by atoms with Crippen LogP contribution < -0.4 is 5.73 Å². The summed E-state index contributed by atoms with van der Waals surface area (Å²) < 4.78 is 49.5. The Bertz CT molecular complexity index is 378. The van der Waals surface area contributed by atoms with Crippen molar-refractivity contribution in [2.24, 2.45) is 5.73 Å². The zero-order chi connectivity index (χ0) is 11.8. The van der Waals surface area contributed by atoms with Crippen molar-refractivity contribution in [3.63, 3.8) is 0 Å². The normalized spacial score (nSPS) is 14.1. The molecular weight excluding hydrogens is 257 g/mol. The Labute approximate surface area is 92.8 Å². The van der Waals surface area contributed by atoms with E-state index in [0.717, 1.165) is 6.07 Å². The molecule has 0 aromatic heterocycles. The molecule has 0 unspecified atom stereocenters. The molecule has 0 heterocycles. The molecular formula is C8H5Cl2F4N. The largest absolute Gasteiger partial charge is 0.407 e. The maximum atomic E-state index is 12.9. The third-order valence-corrected chi connectivity index (χ3v) is 2.34. The minimum absolute atomic E-state index is 0.314. The van der Waals surface area contributed by atoms with E-state index in [1.54, 1.807) is 0 Å². The van der Waals surface area contributed by atoms with Crippen molar-refractivity contribution in [2.45, 2.75) is 12.2 Å². The van der Waals surface area contributed by atoms with Gasteiger partial charge in [-0.25, -0.2) is 4.39 Å². The molecule has 0 saturated carbocycles. The molecule has 0 spiro atoms. The van der Waals surface area contributed by atoms with E-state index in [0.29, 0.717) is 6.07 Å². The minimum Gasteiger partial charge on any atom is -0.316 e. The van der Waals surface area contributed by atoms with E-state index in [4.69, 9.17) is 28.9 Å². The highest BCUT2D eigenvalue weighted by molar-refractivity contribution is 6.35. The maximum absolute atomic E-state index is 12.9. The molecule has 1 nitrogen and oxygen atoms in total. The zero-order valence-corrected chi connectivity index (χ0v) is 8.59. The first-order valence-electron chi connectivity index (χ1n) is 3.70. The van der Waals surface area contributed by atoms with Gasteiger partial charge in [-0.1, -0.05) is 23.2 Å². The molecule has 2 N–H and O–H groups in total. The molecule has 0 aliphatic carbocycles. The van der Waals surface area contributed by atoms with Crippen LogP contribution in [0.2, 0.25) is 10.0 Å². The Morgan fingerprint density at radius 2 is 1.67 bits per heavy atom. The molecule has 0 fully saturated rings. The zero-order valence-electron chi connectivity index (χ0n) is 7.08. The van der Waals surface area contributed by atoms with Gasteiger partial charge in [-0.15, -0.1) is 0 Å². The lowest BCUT2D eigenvalue weighted by Gasteiger charge is -2.17. The highest BCUT2D eigenvalue weighted by Gasteiger charge is 2.39. The van der Waals surface area contributed by atoms with Crippen LogP contribution in [0.15, 0.2) is 12.1 Å². The molecule has 1 rings (SSSR count). The van der Waals surface area contributed by atoms with Crippen LogP contribution in [0.1, 0.15) is 11.6 Å². The lowest BCUT2D eigenvalue weighted by molar-refractivity contribution is -0.149. The summed E-state index contributed by atoms with van der Waals surface area (Å²) in [5.74, 6) is -0.990. The predicted octanol–water partition coefficient (Wildman–Crippen LogP) is 3.69. The molecule has 1 aromatic carbocycles. The first-order chi connectivity index (χ1) is 6.73. The maximum Gasteiger partial charge on any atom is 0.407 e. The van der Waals surface area contributed by atoms with Gasteiger partial charge < -0.3 is 5.73 Å². The van der Waals surface area contributed by atoms with E-state index in [1.165, 1.54) is 0 Å². The van der Waals surface area contributed by atoms with E-state index >= 15 is 0 Å². The second-order valence-electron chi connectivity index (χ2n) is 2.81. The molecule has 1 atom stereocenters. The summed E-state index contributed by atoms with van der Waals surface area (Å²) in [4.78, 5) is 0. The first-order valence-corrected chi connectivity index (χ1v) is 4.46. The smallest absolute Gasteiger partial charge is 0.316 e. The molecule has 0 amide bonds. The Morgan fingerprint density at radius 3 is 2.13 bits per heavy atom. The fourth-order valence-electron chi connectivity index (χ4n) is 0.953. The fraction of sp³-hybridized carbons (Fsp3) is 0.250. The van der Waals surface area contributed by atoms with Gasteiger partial charge in [0.05, 0.1) is 5.02 Å². The number of halogens is 6. The van der Waals surface area contributed by atoms with Crippen LogP contribution >= 0.6 is 23.2 Å². The van der Waals surface area contributed by atoms with Crippen LogP contribution in [0, 0.1) is 5.82 Å². The van der Waals surface area contributed by atoms with Gasteiger partial charge in [0.2, 0.25) is 0 Å². The van der Waals surface area contributed by atoms with Crippen molar-refractivity contribution < 1.29 is 17.6 Å². The Kier molecular flexibility index (Phi) is 3.48. The van der Waals surface area contributed by atoms with Crippen molar-refractivity contribution in [2.75, 3.05) is 0 Å². The number of benzene rings is 1. The number of rotatable bonds is 1. The first kappa shape index (κ1) is 12.5. The topological polar surface area (TPSA) is 26.0 Å². The van der Waals surface area contributed by atoms with Gasteiger partial charge in [-0.3, -0.25) is 0 Å². The molecule has 0 aliphatic rings. The van der Waals surface area contributed by atoms with Crippen molar-refractivity contribution in [3.8, 4) is 0 Å². The van der Waals surface area contributed by atoms with Gasteiger partial charge in [0, 0.05) is 5.02 Å². The van der Waals surface area contributed by atoms with Gasteiger partial charge in [0.25, 0.3) is 0 Å². The summed E-state index contributed by atoms with van der Waals surface area (Å²) >= 11 is 10.8. The van der Waals surface area contributed by atoms with Crippen molar-refractivity contribution in [1.29, 1.82) is 0 Å².